The van der Waals surface area contributed by atoms with E-state index in [-0.39, 0.29) is 0 Å². The van der Waals surface area contributed by atoms with Gasteiger partial charge in [0.1, 0.15) is 19.5 Å². The van der Waals surface area contributed by atoms with E-state index in [1.165, 1.54) is 7.11 Å². The van der Waals surface area contributed by atoms with Crippen LogP contribution in [0.15, 0.2) is 60.0 Å². The molecule has 1 aromatic heterocycles. The van der Waals surface area contributed by atoms with Crippen molar-refractivity contribution in [3.05, 3.63) is 82.4 Å². The Labute approximate surface area is 157 Å². The minimum atomic E-state index is 0.395. The van der Waals surface area contributed by atoms with Crippen molar-refractivity contribution in [3.63, 3.8) is 0 Å². The number of nitrogens with zero attached hydrogens (tertiary/aromatic N) is 3. The Bertz CT molecular complexity index is 934. The minimum Gasteiger partial charge on any atom is -0.489 e. The summed E-state index contributed by atoms with van der Waals surface area (Å²) < 4.78 is 7.91. The summed E-state index contributed by atoms with van der Waals surface area (Å²) >= 11 is 6.01. The van der Waals surface area contributed by atoms with Crippen molar-refractivity contribution >= 4 is 17.3 Å². The van der Waals surface area contributed by atoms with Crippen LogP contribution in [0.4, 0.5) is 0 Å². The number of hydrogen-bond donors (Lipinski definition) is 0. The molecule has 0 aliphatic rings. The van der Waals surface area contributed by atoms with Crippen LogP contribution >= 0.6 is 11.6 Å². The topological polar surface area (TPSA) is 48.6 Å². The number of aromatic nitrogens is 2. The lowest BCUT2D eigenvalue weighted by Crippen LogP contribution is -2.14. The van der Waals surface area contributed by atoms with Gasteiger partial charge in [0.2, 0.25) is 0 Å². The second-order valence-electron chi connectivity index (χ2n) is 5.84. The predicted octanol–water partition coefficient (Wildman–Crippen LogP) is 4.36. The number of imidazole rings is 1. The molecule has 0 saturated carbocycles. The van der Waals surface area contributed by atoms with Crippen LogP contribution in [0, 0.1) is 6.92 Å². The van der Waals surface area contributed by atoms with Gasteiger partial charge in [-0.1, -0.05) is 41.0 Å². The molecule has 0 saturated heterocycles. The lowest BCUT2D eigenvalue weighted by molar-refractivity contribution is 0.213. The maximum atomic E-state index is 6.01. The Hall–Kier alpha value is -2.79. The summed E-state index contributed by atoms with van der Waals surface area (Å²) in [4.78, 5) is 9.46. The zero-order chi connectivity index (χ0) is 18.5. The third-order valence-electron chi connectivity index (χ3n) is 4.01. The highest BCUT2D eigenvalue weighted by Crippen LogP contribution is 2.24. The van der Waals surface area contributed by atoms with Crippen LogP contribution in [0.5, 0.6) is 5.75 Å². The zero-order valence-corrected chi connectivity index (χ0v) is 15.7. The van der Waals surface area contributed by atoms with E-state index in [0.717, 1.165) is 28.3 Å². The molecule has 0 unspecified atom stereocenters. The van der Waals surface area contributed by atoms with Gasteiger partial charge in [0, 0.05) is 30.0 Å². The molecule has 3 aromatic rings. The van der Waals surface area contributed by atoms with E-state index in [4.69, 9.17) is 21.2 Å². The first-order chi connectivity index (χ1) is 12.6. The maximum absolute atomic E-state index is 6.01. The van der Waals surface area contributed by atoms with E-state index < -0.39 is 0 Å². The van der Waals surface area contributed by atoms with Crippen molar-refractivity contribution in [2.75, 3.05) is 7.11 Å². The highest BCUT2D eigenvalue weighted by atomic mass is 35.5. The number of halogens is 1. The van der Waals surface area contributed by atoms with E-state index in [1.54, 1.807) is 6.20 Å². The van der Waals surface area contributed by atoms with Gasteiger partial charge in [0.05, 0.1) is 0 Å². The van der Waals surface area contributed by atoms with E-state index in [1.807, 2.05) is 67.2 Å². The molecule has 0 bridgehead atoms. The fourth-order valence-corrected chi connectivity index (χ4v) is 2.93. The maximum Gasteiger partial charge on any atom is 0.162 e. The average molecular weight is 370 g/mol. The van der Waals surface area contributed by atoms with Crippen LogP contribution in [0.1, 0.15) is 22.5 Å². The first-order valence-electron chi connectivity index (χ1n) is 8.16. The molecule has 26 heavy (non-hydrogen) atoms. The Morgan fingerprint density at radius 2 is 2.04 bits per heavy atom. The predicted molar refractivity (Wildman–Crippen MR) is 103 cm³/mol. The Kier molecular flexibility index (Phi) is 5.58. The molecular weight excluding hydrogens is 350 g/mol. The fraction of sp³-hybridized carbons (Fsp3) is 0.200. The van der Waals surface area contributed by atoms with Gasteiger partial charge in [-0.2, -0.15) is 0 Å². The number of benzene rings is 2. The average Bonchev–Trinajstić information content (AvgIpc) is 3.05. The van der Waals surface area contributed by atoms with Crippen molar-refractivity contribution < 1.29 is 9.57 Å². The molecule has 3 rings (SSSR count). The van der Waals surface area contributed by atoms with Crippen LogP contribution in [-0.4, -0.2) is 22.4 Å². The van der Waals surface area contributed by atoms with Crippen LogP contribution in [0.3, 0.4) is 0 Å². The smallest absolute Gasteiger partial charge is 0.162 e. The standard InChI is InChI=1S/C20H20ClN3O2/c1-14-12-16(21)8-9-18(14)26-13-15-6-4-5-7-17(15)19(23-25-3)20-22-10-11-24(20)2/h4-12H,13H2,1-3H3/b23-19-. The first kappa shape index (κ1) is 18.0. The third kappa shape index (κ3) is 3.89. The fourth-order valence-electron chi connectivity index (χ4n) is 2.70. The second kappa shape index (κ2) is 8.06. The normalized spacial score (nSPS) is 11.5. The van der Waals surface area contributed by atoms with Crippen molar-refractivity contribution in [1.29, 1.82) is 0 Å². The summed E-state index contributed by atoms with van der Waals surface area (Å²) in [5, 5.41) is 4.90. The first-order valence-corrected chi connectivity index (χ1v) is 8.54. The monoisotopic (exact) mass is 369 g/mol. The van der Waals surface area contributed by atoms with Crippen molar-refractivity contribution in [1.82, 2.24) is 9.55 Å². The summed E-state index contributed by atoms with van der Waals surface area (Å²) in [6.45, 7) is 2.37. The van der Waals surface area contributed by atoms with Crippen molar-refractivity contribution in [2.24, 2.45) is 12.2 Å². The van der Waals surface area contributed by atoms with E-state index in [2.05, 4.69) is 10.1 Å². The Morgan fingerprint density at radius 1 is 1.23 bits per heavy atom. The minimum absolute atomic E-state index is 0.395. The summed E-state index contributed by atoms with van der Waals surface area (Å²) in [5.41, 5.74) is 3.55. The van der Waals surface area contributed by atoms with Crippen LogP contribution in [-0.2, 0) is 18.5 Å². The number of hydrogen-bond acceptors (Lipinski definition) is 4. The highest BCUT2D eigenvalue weighted by Gasteiger charge is 2.17. The van der Waals surface area contributed by atoms with Gasteiger partial charge in [-0.25, -0.2) is 4.98 Å². The van der Waals surface area contributed by atoms with Crippen molar-refractivity contribution in [3.8, 4) is 5.75 Å². The molecule has 6 heteroatoms. The third-order valence-corrected chi connectivity index (χ3v) is 4.24. The van der Waals surface area contributed by atoms with E-state index in [0.29, 0.717) is 17.3 Å². The Morgan fingerprint density at radius 3 is 2.73 bits per heavy atom. The molecule has 1 heterocycles. The number of aryl methyl sites for hydroxylation is 2. The van der Waals surface area contributed by atoms with E-state index in [9.17, 15) is 0 Å². The summed E-state index contributed by atoms with van der Waals surface area (Å²) in [6.07, 6.45) is 3.60. The van der Waals surface area contributed by atoms with Crippen LogP contribution < -0.4 is 4.74 Å². The van der Waals surface area contributed by atoms with Crippen LogP contribution in [0.25, 0.3) is 0 Å². The van der Waals surface area contributed by atoms with Gasteiger partial charge >= 0.3 is 0 Å². The lowest BCUT2D eigenvalue weighted by Gasteiger charge is -2.14. The summed E-state index contributed by atoms with van der Waals surface area (Å²) in [6, 6.07) is 13.5. The number of oxime groups is 1. The summed E-state index contributed by atoms with van der Waals surface area (Å²) in [7, 11) is 3.45. The zero-order valence-electron chi connectivity index (χ0n) is 14.9. The van der Waals surface area contributed by atoms with Gasteiger partial charge in [0.15, 0.2) is 11.5 Å². The van der Waals surface area contributed by atoms with Gasteiger partial charge in [-0.3, -0.25) is 0 Å². The number of rotatable bonds is 6. The number of ether oxygens (including phenoxy) is 1. The molecule has 0 fully saturated rings. The van der Waals surface area contributed by atoms with Gasteiger partial charge in [-0.15, -0.1) is 0 Å². The molecule has 0 spiro atoms. The largest absolute Gasteiger partial charge is 0.489 e. The van der Waals surface area contributed by atoms with Gasteiger partial charge < -0.3 is 14.1 Å². The van der Waals surface area contributed by atoms with E-state index >= 15 is 0 Å². The molecule has 0 radical (unpaired) electrons. The molecule has 134 valence electrons. The molecule has 0 amide bonds. The molecule has 0 N–H and O–H groups in total. The molecule has 0 aliphatic carbocycles. The van der Waals surface area contributed by atoms with Gasteiger partial charge in [0.25, 0.3) is 0 Å². The molecule has 5 nitrogen and oxygen atoms in total. The highest BCUT2D eigenvalue weighted by molar-refractivity contribution is 6.30. The Balaban J connectivity index is 1.92. The SMILES string of the molecule is CO/N=C(/c1ccccc1COc1ccc(Cl)cc1C)c1nccn1C. The van der Waals surface area contributed by atoms with Crippen molar-refractivity contribution in [2.45, 2.75) is 13.5 Å². The molecular formula is C20H20ClN3O2. The molecule has 0 atom stereocenters. The quantitative estimate of drug-likeness (QED) is 0.479. The molecule has 2 aromatic carbocycles. The second-order valence-corrected chi connectivity index (χ2v) is 6.28. The summed E-state index contributed by atoms with van der Waals surface area (Å²) in [5.74, 6) is 1.52. The van der Waals surface area contributed by atoms with Crippen LogP contribution in [0.2, 0.25) is 5.02 Å². The lowest BCUT2D eigenvalue weighted by atomic mass is 10.0. The molecule has 0 aliphatic heterocycles. The van der Waals surface area contributed by atoms with Gasteiger partial charge in [-0.05, 0) is 36.2 Å².